The zero-order chi connectivity index (χ0) is 15.4. The number of amides is 1. The van der Waals surface area contributed by atoms with Crippen molar-refractivity contribution in [2.45, 2.75) is 12.5 Å². The van der Waals surface area contributed by atoms with Crippen molar-refractivity contribution in [1.82, 2.24) is 14.9 Å². The molecule has 1 atom stereocenters. The first kappa shape index (κ1) is 14.5. The molecule has 0 radical (unpaired) electrons. The Balaban J connectivity index is 1.83. The van der Waals surface area contributed by atoms with Crippen LogP contribution in [0, 0.1) is 0 Å². The van der Waals surface area contributed by atoms with Crippen LogP contribution in [0.15, 0.2) is 59.6 Å². The molecule has 0 saturated heterocycles. The predicted octanol–water partition coefficient (Wildman–Crippen LogP) is 2.93. The number of benzene rings is 1. The second-order valence-corrected chi connectivity index (χ2v) is 5.90. The lowest BCUT2D eigenvalue weighted by Gasteiger charge is -2.19. The molecule has 0 aliphatic rings. The second-order valence-electron chi connectivity index (χ2n) is 5.12. The molecule has 3 rings (SSSR count). The van der Waals surface area contributed by atoms with Gasteiger partial charge in [0.1, 0.15) is 11.9 Å². The summed E-state index contributed by atoms with van der Waals surface area (Å²) in [6.45, 7) is 0. The first-order valence-electron chi connectivity index (χ1n) is 7.06. The van der Waals surface area contributed by atoms with Crippen molar-refractivity contribution in [3.05, 3.63) is 76.5 Å². The van der Waals surface area contributed by atoms with Gasteiger partial charge in [0.25, 0.3) is 0 Å². The Kier molecular flexibility index (Phi) is 4.34. The molecule has 0 aliphatic heterocycles. The zero-order valence-corrected chi connectivity index (χ0v) is 13.1. The zero-order valence-electron chi connectivity index (χ0n) is 12.3. The van der Waals surface area contributed by atoms with Crippen molar-refractivity contribution in [3.63, 3.8) is 0 Å². The fraction of sp³-hybridized carbons (Fsp3) is 0.176. The lowest BCUT2D eigenvalue weighted by molar-refractivity contribution is -0.121. The normalized spacial score (nSPS) is 12.0. The van der Waals surface area contributed by atoms with Gasteiger partial charge in [0.05, 0.1) is 6.42 Å². The molecule has 0 fully saturated rings. The Morgan fingerprint density at radius 2 is 2.14 bits per heavy atom. The highest BCUT2D eigenvalue weighted by Crippen LogP contribution is 2.20. The fourth-order valence-electron chi connectivity index (χ4n) is 2.39. The number of carbonyl (C=O) groups is 1. The summed E-state index contributed by atoms with van der Waals surface area (Å²) in [4.78, 5) is 16.8. The highest BCUT2D eigenvalue weighted by Gasteiger charge is 2.20. The van der Waals surface area contributed by atoms with Crippen LogP contribution < -0.4 is 5.32 Å². The molecule has 0 bridgehead atoms. The minimum absolute atomic E-state index is 0.00440. The second kappa shape index (κ2) is 6.58. The smallest absolute Gasteiger partial charge is 0.225 e. The van der Waals surface area contributed by atoms with E-state index in [1.54, 1.807) is 17.5 Å². The van der Waals surface area contributed by atoms with E-state index in [0.717, 1.165) is 17.0 Å². The van der Waals surface area contributed by atoms with E-state index in [2.05, 4.69) is 10.3 Å². The van der Waals surface area contributed by atoms with E-state index in [4.69, 9.17) is 0 Å². The Labute approximate surface area is 133 Å². The van der Waals surface area contributed by atoms with Crippen molar-refractivity contribution in [3.8, 4) is 0 Å². The minimum atomic E-state index is -0.243. The number of thiophene rings is 1. The largest absolute Gasteiger partial charge is 0.342 e. The summed E-state index contributed by atoms with van der Waals surface area (Å²) in [6, 6.07) is 11.6. The molecule has 1 aromatic carbocycles. The van der Waals surface area contributed by atoms with Crippen molar-refractivity contribution in [1.29, 1.82) is 0 Å². The Morgan fingerprint density at radius 1 is 1.32 bits per heavy atom. The summed E-state index contributed by atoms with van der Waals surface area (Å²) in [5.74, 6) is 0.820. The molecule has 112 valence electrons. The topological polar surface area (TPSA) is 46.9 Å². The maximum absolute atomic E-state index is 12.4. The highest BCUT2D eigenvalue weighted by atomic mass is 32.1. The number of hydrogen-bond acceptors (Lipinski definition) is 3. The van der Waals surface area contributed by atoms with Crippen LogP contribution in [-0.4, -0.2) is 15.5 Å². The van der Waals surface area contributed by atoms with E-state index in [1.165, 1.54) is 0 Å². The number of carbonyl (C=O) groups excluding carboxylic acids is 1. The van der Waals surface area contributed by atoms with Gasteiger partial charge < -0.3 is 9.88 Å². The first-order chi connectivity index (χ1) is 10.7. The van der Waals surface area contributed by atoms with Crippen LogP contribution in [0.3, 0.4) is 0 Å². The van der Waals surface area contributed by atoms with Crippen LogP contribution in [0.1, 0.15) is 23.0 Å². The van der Waals surface area contributed by atoms with Gasteiger partial charge >= 0.3 is 0 Å². The molecule has 1 amide bonds. The average Bonchev–Trinajstić information content (AvgIpc) is 3.17. The summed E-state index contributed by atoms with van der Waals surface area (Å²) in [7, 11) is 1.93. The molecule has 5 heteroatoms. The number of hydrogen-bond donors (Lipinski definition) is 1. The van der Waals surface area contributed by atoms with Crippen molar-refractivity contribution in [2.75, 3.05) is 0 Å². The van der Waals surface area contributed by atoms with Crippen LogP contribution in [0.4, 0.5) is 0 Å². The quantitative estimate of drug-likeness (QED) is 0.787. The summed E-state index contributed by atoms with van der Waals surface area (Å²) >= 11 is 1.60. The van der Waals surface area contributed by atoms with E-state index in [9.17, 15) is 4.79 Å². The molecule has 22 heavy (non-hydrogen) atoms. The van der Waals surface area contributed by atoms with E-state index in [1.807, 2.05) is 65.0 Å². The van der Waals surface area contributed by atoms with Gasteiger partial charge in [0, 0.05) is 19.4 Å². The van der Waals surface area contributed by atoms with Gasteiger partial charge in [-0.25, -0.2) is 4.98 Å². The molecule has 2 heterocycles. The number of aromatic nitrogens is 2. The van der Waals surface area contributed by atoms with Gasteiger partial charge in [0.15, 0.2) is 0 Å². The lowest BCUT2D eigenvalue weighted by atomic mass is 10.1. The maximum Gasteiger partial charge on any atom is 0.225 e. The van der Waals surface area contributed by atoms with Gasteiger partial charge in [-0.2, -0.15) is 11.3 Å². The molecular formula is C17H17N3OS. The Morgan fingerprint density at radius 3 is 2.77 bits per heavy atom. The molecular weight excluding hydrogens is 294 g/mol. The third kappa shape index (κ3) is 3.26. The molecule has 0 spiro atoms. The molecule has 0 saturated carbocycles. The van der Waals surface area contributed by atoms with E-state index in [0.29, 0.717) is 6.42 Å². The van der Waals surface area contributed by atoms with Gasteiger partial charge in [-0.3, -0.25) is 4.79 Å². The minimum Gasteiger partial charge on any atom is -0.342 e. The SMILES string of the molecule is Cn1ccnc1[C@H](NC(=O)Cc1ccsc1)c1ccccc1. The van der Waals surface area contributed by atoms with Crippen molar-refractivity contribution in [2.24, 2.45) is 7.05 Å². The van der Waals surface area contributed by atoms with Crippen molar-refractivity contribution < 1.29 is 4.79 Å². The molecule has 0 unspecified atom stereocenters. The highest BCUT2D eigenvalue weighted by molar-refractivity contribution is 7.07. The first-order valence-corrected chi connectivity index (χ1v) is 8.01. The number of nitrogens with one attached hydrogen (secondary N) is 1. The van der Waals surface area contributed by atoms with Crippen LogP contribution in [0.2, 0.25) is 0 Å². The monoisotopic (exact) mass is 311 g/mol. The summed E-state index contributed by atoms with van der Waals surface area (Å²) < 4.78 is 1.93. The summed E-state index contributed by atoms with van der Waals surface area (Å²) in [6.07, 6.45) is 4.02. The number of nitrogens with zero attached hydrogens (tertiary/aromatic N) is 2. The summed E-state index contributed by atoms with van der Waals surface area (Å²) in [5.41, 5.74) is 2.06. The average molecular weight is 311 g/mol. The van der Waals surface area contributed by atoms with Crippen LogP contribution in [0.5, 0.6) is 0 Å². The third-order valence-corrected chi connectivity index (χ3v) is 4.23. The third-order valence-electron chi connectivity index (χ3n) is 3.50. The van der Waals surface area contributed by atoms with Crippen LogP contribution >= 0.6 is 11.3 Å². The number of rotatable bonds is 5. The number of imidazole rings is 1. The predicted molar refractivity (Wildman–Crippen MR) is 87.7 cm³/mol. The van der Waals surface area contributed by atoms with Crippen LogP contribution in [0.25, 0.3) is 0 Å². The molecule has 3 aromatic rings. The van der Waals surface area contributed by atoms with Gasteiger partial charge in [-0.1, -0.05) is 30.3 Å². The molecule has 4 nitrogen and oxygen atoms in total. The van der Waals surface area contributed by atoms with Gasteiger partial charge in [0.2, 0.25) is 5.91 Å². The van der Waals surface area contributed by atoms with E-state index in [-0.39, 0.29) is 11.9 Å². The Bertz CT molecular complexity index is 734. The maximum atomic E-state index is 12.4. The molecule has 2 aromatic heterocycles. The Hall–Kier alpha value is -2.40. The van der Waals surface area contributed by atoms with Crippen LogP contribution in [-0.2, 0) is 18.3 Å². The number of aryl methyl sites for hydroxylation is 1. The summed E-state index contributed by atoms with van der Waals surface area (Å²) in [5, 5.41) is 7.08. The van der Waals surface area contributed by atoms with E-state index < -0.39 is 0 Å². The molecule has 1 N–H and O–H groups in total. The molecule has 0 aliphatic carbocycles. The van der Waals surface area contributed by atoms with Gasteiger partial charge in [-0.05, 0) is 28.0 Å². The van der Waals surface area contributed by atoms with Gasteiger partial charge in [-0.15, -0.1) is 0 Å². The lowest BCUT2D eigenvalue weighted by Crippen LogP contribution is -2.32. The van der Waals surface area contributed by atoms with E-state index >= 15 is 0 Å². The standard InChI is InChI=1S/C17H17N3OS/c1-20-9-8-18-17(20)16(14-5-3-2-4-6-14)19-15(21)11-13-7-10-22-12-13/h2-10,12,16H,11H2,1H3,(H,19,21)/t16-/m1/s1. The van der Waals surface area contributed by atoms with Crippen molar-refractivity contribution >= 4 is 17.2 Å². The fourth-order valence-corrected chi connectivity index (χ4v) is 3.06.